The van der Waals surface area contributed by atoms with E-state index in [-0.39, 0.29) is 11.0 Å². The Bertz CT molecular complexity index is 418. The summed E-state index contributed by atoms with van der Waals surface area (Å²) in [5, 5.41) is 12.5. The molecule has 1 rings (SSSR count). The first-order chi connectivity index (χ1) is 8.04. The maximum Gasteiger partial charge on any atom is 0.282 e. The summed E-state index contributed by atoms with van der Waals surface area (Å²) >= 11 is 6.94. The summed E-state index contributed by atoms with van der Waals surface area (Å²) in [5.74, 6) is 0.238. The number of hydrogen-bond donors (Lipinski definition) is 1. The highest BCUT2D eigenvalue weighted by molar-refractivity contribution is 8.15. The third kappa shape index (κ3) is 4.28. The van der Waals surface area contributed by atoms with Crippen molar-refractivity contribution in [2.45, 2.75) is 5.75 Å². The monoisotopic (exact) mass is 272 g/mol. The smallest absolute Gasteiger partial charge is 0.282 e. The van der Waals surface area contributed by atoms with Crippen LogP contribution in [0.25, 0.3) is 0 Å². The maximum atomic E-state index is 11.5. The summed E-state index contributed by atoms with van der Waals surface area (Å²) in [7, 11) is 3.22. The topological polar surface area (TPSA) is 52.9 Å². The third-order valence-electron chi connectivity index (χ3n) is 1.97. The predicted octanol–water partition coefficient (Wildman–Crippen LogP) is 2.45. The van der Waals surface area contributed by atoms with Gasteiger partial charge >= 0.3 is 0 Å². The minimum Gasteiger partial charge on any atom is -0.410 e. The number of thioether (sulfide) groups is 1. The van der Waals surface area contributed by atoms with Crippen LogP contribution in [-0.2, 0) is 10.5 Å². The van der Waals surface area contributed by atoms with E-state index in [0.29, 0.717) is 10.8 Å². The molecule has 0 heterocycles. The number of amides is 1. The molecule has 0 unspecified atom stereocenters. The van der Waals surface area contributed by atoms with Crippen LogP contribution in [0.5, 0.6) is 0 Å². The normalized spacial score (nSPS) is 11.4. The van der Waals surface area contributed by atoms with Crippen LogP contribution in [0.15, 0.2) is 29.4 Å². The Hall–Kier alpha value is -1.20. The number of rotatable bonds is 2. The van der Waals surface area contributed by atoms with E-state index >= 15 is 0 Å². The minimum atomic E-state index is -0.313. The molecule has 6 heteroatoms. The molecule has 0 aliphatic rings. The standard InChI is InChI=1S/C11H13ClN2O2S/c1-14(2)11(15)10(13-16)17-7-8-3-5-9(12)6-4-8/h3-6,16H,7H2,1-2H3. The van der Waals surface area contributed by atoms with Crippen LogP contribution in [0, 0.1) is 0 Å². The first kappa shape index (κ1) is 13.9. The Morgan fingerprint density at radius 3 is 2.47 bits per heavy atom. The number of carbonyl (C=O) groups excluding carboxylic acids is 1. The molecule has 0 aliphatic carbocycles. The summed E-state index contributed by atoms with van der Waals surface area (Å²) in [6, 6.07) is 7.29. The summed E-state index contributed by atoms with van der Waals surface area (Å²) < 4.78 is 0. The van der Waals surface area contributed by atoms with Crippen LogP contribution in [0.3, 0.4) is 0 Å². The van der Waals surface area contributed by atoms with Crippen molar-refractivity contribution in [2.24, 2.45) is 5.16 Å². The Morgan fingerprint density at radius 1 is 1.41 bits per heavy atom. The van der Waals surface area contributed by atoms with Gasteiger partial charge in [-0.25, -0.2) is 0 Å². The Labute approximate surface area is 109 Å². The lowest BCUT2D eigenvalue weighted by molar-refractivity contribution is -0.121. The van der Waals surface area contributed by atoms with Gasteiger partial charge in [0.1, 0.15) is 0 Å². The second kappa shape index (κ2) is 6.51. The van der Waals surface area contributed by atoms with Crippen molar-refractivity contribution in [2.75, 3.05) is 14.1 Å². The fourth-order valence-corrected chi connectivity index (χ4v) is 2.04. The molecule has 0 aliphatic heterocycles. The first-order valence-electron chi connectivity index (χ1n) is 4.85. The molecule has 1 aromatic rings. The van der Waals surface area contributed by atoms with Gasteiger partial charge in [-0.2, -0.15) is 0 Å². The molecule has 0 atom stereocenters. The van der Waals surface area contributed by atoms with Crippen molar-refractivity contribution in [1.29, 1.82) is 0 Å². The number of carbonyl (C=O) groups is 1. The number of hydrogen-bond acceptors (Lipinski definition) is 4. The zero-order valence-electron chi connectivity index (χ0n) is 9.55. The largest absolute Gasteiger partial charge is 0.410 e. The lowest BCUT2D eigenvalue weighted by atomic mass is 10.2. The zero-order chi connectivity index (χ0) is 12.8. The molecule has 1 aromatic carbocycles. The number of nitrogens with zero attached hydrogens (tertiary/aromatic N) is 2. The molecule has 1 N–H and O–H groups in total. The van der Waals surface area contributed by atoms with Crippen molar-refractivity contribution in [3.8, 4) is 0 Å². The van der Waals surface area contributed by atoms with Gasteiger partial charge < -0.3 is 10.1 Å². The third-order valence-corrected chi connectivity index (χ3v) is 3.23. The molecule has 17 heavy (non-hydrogen) atoms. The molecular weight excluding hydrogens is 260 g/mol. The predicted molar refractivity (Wildman–Crippen MR) is 70.7 cm³/mol. The first-order valence-corrected chi connectivity index (χ1v) is 6.22. The van der Waals surface area contributed by atoms with E-state index in [0.717, 1.165) is 5.56 Å². The van der Waals surface area contributed by atoms with Crippen LogP contribution in [0.4, 0.5) is 0 Å². The maximum absolute atomic E-state index is 11.5. The van der Waals surface area contributed by atoms with Gasteiger partial charge in [-0.15, -0.1) is 0 Å². The van der Waals surface area contributed by atoms with Crippen molar-refractivity contribution in [1.82, 2.24) is 4.90 Å². The van der Waals surface area contributed by atoms with E-state index in [1.165, 1.54) is 16.7 Å². The minimum absolute atomic E-state index is 0.0740. The quantitative estimate of drug-likeness (QED) is 0.389. The lowest BCUT2D eigenvalue weighted by Crippen LogP contribution is -2.28. The Morgan fingerprint density at radius 2 is 2.00 bits per heavy atom. The molecule has 1 amide bonds. The molecule has 0 saturated carbocycles. The van der Waals surface area contributed by atoms with Crippen molar-refractivity contribution >= 4 is 34.3 Å². The average Bonchev–Trinajstić information content (AvgIpc) is 2.31. The van der Waals surface area contributed by atoms with Crippen molar-refractivity contribution in [3.05, 3.63) is 34.9 Å². The zero-order valence-corrected chi connectivity index (χ0v) is 11.1. The molecular formula is C11H13ClN2O2S. The van der Waals surface area contributed by atoms with Crippen LogP contribution in [0.1, 0.15) is 5.56 Å². The highest BCUT2D eigenvalue weighted by atomic mass is 35.5. The highest BCUT2D eigenvalue weighted by Gasteiger charge is 2.14. The van der Waals surface area contributed by atoms with Gasteiger partial charge in [-0.1, -0.05) is 40.7 Å². The van der Waals surface area contributed by atoms with E-state index in [1.54, 1.807) is 26.2 Å². The van der Waals surface area contributed by atoms with Gasteiger partial charge in [0.05, 0.1) is 0 Å². The summed E-state index contributed by atoms with van der Waals surface area (Å²) in [5.41, 5.74) is 1.01. The molecule has 4 nitrogen and oxygen atoms in total. The van der Waals surface area contributed by atoms with Gasteiger partial charge in [0, 0.05) is 24.9 Å². The van der Waals surface area contributed by atoms with E-state index in [2.05, 4.69) is 5.16 Å². The molecule has 92 valence electrons. The lowest BCUT2D eigenvalue weighted by Gasteiger charge is -2.10. The molecule has 0 saturated heterocycles. The van der Waals surface area contributed by atoms with Gasteiger partial charge in [0.25, 0.3) is 5.91 Å². The molecule has 0 spiro atoms. The summed E-state index contributed by atoms with van der Waals surface area (Å²) in [6.45, 7) is 0. The number of benzene rings is 1. The van der Waals surface area contributed by atoms with E-state index in [4.69, 9.17) is 16.8 Å². The molecule has 0 bridgehead atoms. The number of oxime groups is 1. The fourth-order valence-electron chi connectivity index (χ4n) is 1.06. The van der Waals surface area contributed by atoms with Crippen LogP contribution >= 0.6 is 23.4 Å². The van der Waals surface area contributed by atoms with Crippen molar-refractivity contribution in [3.63, 3.8) is 0 Å². The Kier molecular flexibility index (Phi) is 5.31. The molecule has 0 aromatic heterocycles. The second-order valence-electron chi connectivity index (χ2n) is 3.52. The fraction of sp³-hybridized carbons (Fsp3) is 0.273. The SMILES string of the molecule is CN(C)C(=O)C(=NO)SCc1ccc(Cl)cc1. The number of halogens is 1. The van der Waals surface area contributed by atoms with Gasteiger partial charge in [0.15, 0.2) is 0 Å². The van der Waals surface area contributed by atoms with Crippen LogP contribution in [-0.4, -0.2) is 35.2 Å². The van der Waals surface area contributed by atoms with Crippen molar-refractivity contribution < 1.29 is 10.0 Å². The van der Waals surface area contributed by atoms with E-state index < -0.39 is 0 Å². The van der Waals surface area contributed by atoms with Crippen LogP contribution < -0.4 is 0 Å². The van der Waals surface area contributed by atoms with Gasteiger partial charge in [-0.3, -0.25) is 4.79 Å². The highest BCUT2D eigenvalue weighted by Crippen LogP contribution is 2.17. The molecule has 0 fully saturated rings. The average molecular weight is 273 g/mol. The second-order valence-corrected chi connectivity index (χ2v) is 4.92. The summed E-state index contributed by atoms with van der Waals surface area (Å²) in [6.07, 6.45) is 0. The van der Waals surface area contributed by atoms with E-state index in [1.807, 2.05) is 12.1 Å². The Balaban J connectivity index is 2.60. The molecule has 0 radical (unpaired) electrons. The van der Waals surface area contributed by atoms with Gasteiger partial charge in [0.2, 0.25) is 5.04 Å². The van der Waals surface area contributed by atoms with Crippen LogP contribution in [0.2, 0.25) is 5.02 Å². The summed E-state index contributed by atoms with van der Waals surface area (Å²) in [4.78, 5) is 12.9. The van der Waals surface area contributed by atoms with Gasteiger partial charge in [-0.05, 0) is 17.7 Å². The van der Waals surface area contributed by atoms with E-state index in [9.17, 15) is 4.79 Å².